The number of rotatable bonds is 5. The normalized spacial score (nSPS) is 11.0. The van der Waals surface area contributed by atoms with Crippen molar-refractivity contribution in [2.24, 2.45) is 0 Å². The van der Waals surface area contributed by atoms with Crippen molar-refractivity contribution in [3.8, 4) is 10.6 Å². The van der Waals surface area contributed by atoms with Crippen LogP contribution < -0.4 is 5.32 Å². The van der Waals surface area contributed by atoms with Gasteiger partial charge < -0.3 is 9.84 Å². The summed E-state index contributed by atoms with van der Waals surface area (Å²) in [7, 11) is 0. The molecule has 1 N–H and O–H groups in total. The number of nitrogens with zero attached hydrogens (tertiary/aromatic N) is 3. The first-order valence-electron chi connectivity index (χ1n) is 7.67. The molecule has 0 aliphatic heterocycles. The Labute approximate surface area is 143 Å². The number of aryl methyl sites for hydroxylation is 1. The van der Waals surface area contributed by atoms with E-state index in [1.807, 2.05) is 19.1 Å². The van der Waals surface area contributed by atoms with Crippen LogP contribution in [0.4, 0.5) is 5.13 Å². The van der Waals surface area contributed by atoms with Gasteiger partial charge in [-0.15, -0.1) is 10.2 Å². The molecule has 24 heavy (non-hydrogen) atoms. The molecule has 2 heterocycles. The molecule has 0 atom stereocenters. The van der Waals surface area contributed by atoms with Crippen LogP contribution in [0.5, 0.6) is 0 Å². The third-order valence-electron chi connectivity index (χ3n) is 3.51. The third kappa shape index (κ3) is 3.86. The Kier molecular flexibility index (Phi) is 4.71. The molecule has 0 saturated heterocycles. The minimum absolute atomic E-state index is 0.124. The van der Waals surface area contributed by atoms with Crippen molar-refractivity contribution in [2.45, 2.75) is 33.1 Å². The number of anilines is 1. The third-order valence-corrected chi connectivity index (χ3v) is 4.39. The predicted molar refractivity (Wildman–Crippen MR) is 93.0 cm³/mol. The lowest BCUT2D eigenvalue weighted by atomic mass is 10.0. The van der Waals surface area contributed by atoms with Crippen LogP contribution in [0.3, 0.4) is 0 Å². The number of amides is 1. The first-order valence-corrected chi connectivity index (χ1v) is 8.49. The van der Waals surface area contributed by atoms with Crippen LogP contribution in [0, 0.1) is 6.92 Å². The van der Waals surface area contributed by atoms with Crippen LogP contribution in [0.25, 0.3) is 10.6 Å². The molecule has 0 spiro atoms. The zero-order valence-corrected chi connectivity index (χ0v) is 14.6. The Bertz CT molecular complexity index is 836. The Morgan fingerprint density at radius 1 is 1.25 bits per heavy atom. The number of benzene rings is 1. The predicted octanol–water partition coefficient (Wildman–Crippen LogP) is 3.81. The summed E-state index contributed by atoms with van der Waals surface area (Å²) in [6.45, 7) is 6.12. The molecule has 0 aliphatic rings. The van der Waals surface area contributed by atoms with E-state index in [1.165, 1.54) is 16.9 Å². The molecular formula is C17H18N4O2S. The second kappa shape index (κ2) is 6.92. The molecular weight excluding hydrogens is 324 g/mol. The first kappa shape index (κ1) is 16.3. The van der Waals surface area contributed by atoms with Gasteiger partial charge in [-0.2, -0.15) is 0 Å². The summed E-state index contributed by atoms with van der Waals surface area (Å²) in [5.41, 5.74) is 3.02. The summed E-state index contributed by atoms with van der Waals surface area (Å²) >= 11 is 1.34. The van der Waals surface area contributed by atoms with Gasteiger partial charge in [-0.1, -0.05) is 54.6 Å². The molecule has 3 rings (SSSR count). The fourth-order valence-electron chi connectivity index (χ4n) is 2.22. The monoisotopic (exact) mass is 342 g/mol. The molecule has 2 aromatic heterocycles. The Morgan fingerprint density at radius 3 is 2.62 bits per heavy atom. The summed E-state index contributed by atoms with van der Waals surface area (Å²) in [5.74, 6) is 0.811. The van der Waals surface area contributed by atoms with Crippen LogP contribution in [-0.2, 0) is 11.2 Å². The maximum absolute atomic E-state index is 12.0. The van der Waals surface area contributed by atoms with E-state index < -0.39 is 0 Å². The fourth-order valence-corrected chi connectivity index (χ4v) is 2.99. The quantitative estimate of drug-likeness (QED) is 0.762. The van der Waals surface area contributed by atoms with Gasteiger partial charge in [0.25, 0.3) is 0 Å². The maximum atomic E-state index is 12.0. The number of aromatic nitrogens is 3. The smallest absolute Gasteiger partial charge is 0.233 e. The highest BCUT2D eigenvalue weighted by Crippen LogP contribution is 2.27. The van der Waals surface area contributed by atoms with Gasteiger partial charge >= 0.3 is 0 Å². The lowest BCUT2D eigenvalue weighted by Gasteiger charge is -2.04. The van der Waals surface area contributed by atoms with Crippen LogP contribution in [0.1, 0.15) is 36.8 Å². The van der Waals surface area contributed by atoms with E-state index in [-0.39, 0.29) is 12.3 Å². The molecule has 0 aliphatic carbocycles. The highest BCUT2D eigenvalue weighted by atomic mass is 32.1. The van der Waals surface area contributed by atoms with E-state index in [2.05, 4.69) is 46.7 Å². The average molecular weight is 342 g/mol. The van der Waals surface area contributed by atoms with Gasteiger partial charge in [0.05, 0.1) is 12.1 Å². The summed E-state index contributed by atoms with van der Waals surface area (Å²) in [6.07, 6.45) is 0.124. The second-order valence-corrected chi connectivity index (χ2v) is 6.83. The highest BCUT2D eigenvalue weighted by Gasteiger charge is 2.12. The molecule has 124 valence electrons. The molecule has 0 saturated carbocycles. The Balaban J connectivity index is 1.65. The first-order chi connectivity index (χ1) is 11.5. The fraction of sp³-hybridized carbons (Fsp3) is 0.294. The summed E-state index contributed by atoms with van der Waals surface area (Å²) in [4.78, 5) is 12.0. The molecule has 3 aromatic rings. The van der Waals surface area contributed by atoms with Gasteiger partial charge in [0.15, 0.2) is 0 Å². The van der Waals surface area contributed by atoms with E-state index in [9.17, 15) is 4.79 Å². The van der Waals surface area contributed by atoms with Gasteiger partial charge in [-0.25, -0.2) is 0 Å². The van der Waals surface area contributed by atoms with E-state index >= 15 is 0 Å². The lowest BCUT2D eigenvalue weighted by Crippen LogP contribution is -2.13. The number of hydrogen-bond donors (Lipinski definition) is 1. The summed E-state index contributed by atoms with van der Waals surface area (Å²) in [6, 6.07) is 9.97. The zero-order valence-electron chi connectivity index (χ0n) is 13.7. The van der Waals surface area contributed by atoms with Crippen molar-refractivity contribution in [2.75, 3.05) is 5.32 Å². The van der Waals surface area contributed by atoms with E-state index in [0.29, 0.717) is 16.8 Å². The highest BCUT2D eigenvalue weighted by molar-refractivity contribution is 7.18. The van der Waals surface area contributed by atoms with Crippen molar-refractivity contribution in [1.82, 2.24) is 15.4 Å². The van der Waals surface area contributed by atoms with Gasteiger partial charge in [0, 0.05) is 11.6 Å². The number of nitrogens with one attached hydrogen (secondary N) is 1. The summed E-state index contributed by atoms with van der Waals surface area (Å²) in [5, 5.41) is 15.9. The Hall–Kier alpha value is -2.54. The van der Waals surface area contributed by atoms with Crippen LogP contribution >= 0.6 is 11.3 Å². The molecule has 1 aromatic carbocycles. The molecule has 0 bridgehead atoms. The van der Waals surface area contributed by atoms with Crippen molar-refractivity contribution < 1.29 is 9.32 Å². The van der Waals surface area contributed by atoms with E-state index in [4.69, 9.17) is 4.52 Å². The van der Waals surface area contributed by atoms with Gasteiger partial charge in [-0.3, -0.25) is 4.79 Å². The minimum Gasteiger partial charge on any atom is -0.361 e. The SMILES string of the molecule is Cc1cc(CC(=O)Nc2nnc(-c3ccc(C(C)C)cc3)s2)on1. The number of carbonyl (C=O) groups is 1. The van der Waals surface area contributed by atoms with Gasteiger partial charge in [0.2, 0.25) is 11.0 Å². The zero-order chi connectivity index (χ0) is 17.1. The molecule has 0 fully saturated rings. The number of hydrogen-bond acceptors (Lipinski definition) is 6. The van der Waals surface area contributed by atoms with Crippen LogP contribution in [0.2, 0.25) is 0 Å². The standard InChI is InChI=1S/C17H18N4O2S/c1-10(2)12-4-6-13(7-5-12)16-19-20-17(24-16)18-15(22)9-14-8-11(3)21-23-14/h4-8,10H,9H2,1-3H3,(H,18,20,22). The van der Waals surface area contributed by atoms with Crippen molar-refractivity contribution in [1.29, 1.82) is 0 Å². The van der Waals surface area contributed by atoms with Crippen molar-refractivity contribution in [3.63, 3.8) is 0 Å². The van der Waals surface area contributed by atoms with E-state index in [0.717, 1.165) is 16.3 Å². The van der Waals surface area contributed by atoms with Crippen molar-refractivity contribution in [3.05, 3.63) is 47.3 Å². The molecule has 6 nitrogen and oxygen atoms in total. The van der Waals surface area contributed by atoms with E-state index in [1.54, 1.807) is 6.07 Å². The lowest BCUT2D eigenvalue weighted by molar-refractivity contribution is -0.115. The van der Waals surface area contributed by atoms with Crippen molar-refractivity contribution >= 4 is 22.4 Å². The topological polar surface area (TPSA) is 80.9 Å². The average Bonchev–Trinajstić information content (AvgIpc) is 3.16. The summed E-state index contributed by atoms with van der Waals surface area (Å²) < 4.78 is 5.03. The largest absolute Gasteiger partial charge is 0.361 e. The van der Waals surface area contributed by atoms with Crippen LogP contribution in [-0.4, -0.2) is 21.3 Å². The minimum atomic E-state index is -0.205. The molecule has 0 unspecified atom stereocenters. The second-order valence-electron chi connectivity index (χ2n) is 5.85. The van der Waals surface area contributed by atoms with Gasteiger partial charge in [0.1, 0.15) is 10.8 Å². The maximum Gasteiger partial charge on any atom is 0.233 e. The molecule has 7 heteroatoms. The van der Waals surface area contributed by atoms with Gasteiger partial charge in [-0.05, 0) is 18.4 Å². The number of carbonyl (C=O) groups excluding carboxylic acids is 1. The van der Waals surface area contributed by atoms with Crippen LogP contribution in [0.15, 0.2) is 34.9 Å². The Morgan fingerprint density at radius 2 is 2.00 bits per heavy atom. The molecule has 0 radical (unpaired) electrons. The molecule has 1 amide bonds.